The first-order chi connectivity index (χ1) is 6.86. The summed E-state index contributed by atoms with van der Waals surface area (Å²) in [4.78, 5) is 10.8. The van der Waals surface area contributed by atoms with Gasteiger partial charge in [0.1, 0.15) is 5.75 Å². The van der Waals surface area contributed by atoms with Gasteiger partial charge in [-0.25, -0.2) is 0 Å². The lowest BCUT2D eigenvalue weighted by molar-refractivity contribution is -0.137. The number of nitrogens with two attached hydrogens (primary N) is 1. The fraction of sp³-hybridized carbons (Fsp3) is 0.222. The zero-order valence-corrected chi connectivity index (χ0v) is 7.76. The molecule has 0 radical (unpaired) electrons. The molecule has 15 heavy (non-hydrogen) atoms. The van der Waals surface area contributed by atoms with Gasteiger partial charge >= 0.3 is 6.18 Å². The topological polar surface area (TPSA) is 52.3 Å². The molecule has 0 spiro atoms. The monoisotopic (exact) mass is 219 g/mol. The fourth-order valence-corrected chi connectivity index (χ4v) is 1.07. The number of rotatable bonds is 2. The molecule has 0 aromatic heterocycles. The van der Waals surface area contributed by atoms with Crippen LogP contribution in [-0.2, 0) is 6.18 Å². The number of methoxy groups -OCH3 is 1. The molecule has 0 aliphatic rings. The summed E-state index contributed by atoms with van der Waals surface area (Å²) < 4.78 is 41.4. The van der Waals surface area contributed by atoms with Gasteiger partial charge in [0.25, 0.3) is 5.91 Å². The minimum Gasteiger partial charge on any atom is -0.496 e. The fourth-order valence-electron chi connectivity index (χ4n) is 1.07. The first kappa shape index (κ1) is 11.4. The zero-order valence-electron chi connectivity index (χ0n) is 7.76. The Kier molecular flexibility index (Phi) is 2.88. The lowest BCUT2D eigenvalue weighted by atomic mass is 10.1. The van der Waals surface area contributed by atoms with Crippen LogP contribution in [0.4, 0.5) is 13.2 Å². The number of carbonyl (C=O) groups is 1. The van der Waals surface area contributed by atoms with Crippen LogP contribution in [0.1, 0.15) is 15.9 Å². The van der Waals surface area contributed by atoms with Gasteiger partial charge in [-0.2, -0.15) is 13.2 Å². The van der Waals surface area contributed by atoms with Crippen LogP contribution in [0.2, 0.25) is 0 Å². The molecule has 1 aromatic rings. The van der Waals surface area contributed by atoms with E-state index in [9.17, 15) is 18.0 Å². The molecular weight excluding hydrogens is 211 g/mol. The van der Waals surface area contributed by atoms with Crippen LogP contribution in [0.5, 0.6) is 5.75 Å². The van der Waals surface area contributed by atoms with Gasteiger partial charge in [0.05, 0.1) is 18.2 Å². The SMILES string of the molecule is COc1cc(C(F)(F)F)ccc1C(N)=O. The smallest absolute Gasteiger partial charge is 0.416 e. The Bertz CT molecular complexity index is 387. The molecule has 0 saturated carbocycles. The van der Waals surface area contributed by atoms with Crippen LogP contribution < -0.4 is 10.5 Å². The van der Waals surface area contributed by atoms with E-state index in [2.05, 4.69) is 4.74 Å². The van der Waals surface area contributed by atoms with E-state index in [4.69, 9.17) is 5.73 Å². The number of ether oxygens (including phenoxy) is 1. The average Bonchev–Trinajstić information content (AvgIpc) is 2.15. The average molecular weight is 219 g/mol. The van der Waals surface area contributed by atoms with Crippen molar-refractivity contribution in [1.29, 1.82) is 0 Å². The van der Waals surface area contributed by atoms with E-state index in [0.717, 1.165) is 18.2 Å². The standard InChI is InChI=1S/C9H8F3NO2/c1-15-7-4-5(9(10,11)12)2-3-6(7)8(13)14/h2-4H,1H3,(H2,13,14). The maximum absolute atomic E-state index is 12.3. The summed E-state index contributed by atoms with van der Waals surface area (Å²) in [7, 11) is 1.17. The van der Waals surface area contributed by atoms with Crippen LogP contribution in [0.15, 0.2) is 18.2 Å². The quantitative estimate of drug-likeness (QED) is 0.824. The number of alkyl halides is 3. The van der Waals surface area contributed by atoms with Crippen LogP contribution in [0.25, 0.3) is 0 Å². The van der Waals surface area contributed by atoms with Gasteiger partial charge in [-0.05, 0) is 18.2 Å². The van der Waals surface area contributed by atoms with E-state index in [-0.39, 0.29) is 11.3 Å². The maximum atomic E-state index is 12.3. The molecule has 6 heteroatoms. The Labute approximate surface area is 83.6 Å². The first-order valence-corrected chi connectivity index (χ1v) is 3.91. The number of benzene rings is 1. The first-order valence-electron chi connectivity index (χ1n) is 3.91. The Morgan fingerprint density at radius 2 is 2.00 bits per heavy atom. The van der Waals surface area contributed by atoms with Crippen molar-refractivity contribution in [2.45, 2.75) is 6.18 Å². The minimum atomic E-state index is -4.47. The Morgan fingerprint density at radius 1 is 1.40 bits per heavy atom. The van der Waals surface area contributed by atoms with Crippen molar-refractivity contribution in [3.8, 4) is 5.75 Å². The second-order valence-electron chi connectivity index (χ2n) is 2.78. The van der Waals surface area contributed by atoms with Gasteiger partial charge in [-0.1, -0.05) is 0 Å². The molecule has 1 rings (SSSR count). The molecule has 1 amide bonds. The third kappa shape index (κ3) is 2.39. The van der Waals surface area contributed by atoms with Crippen molar-refractivity contribution in [2.75, 3.05) is 7.11 Å². The lowest BCUT2D eigenvalue weighted by Gasteiger charge is -2.10. The van der Waals surface area contributed by atoms with Crippen LogP contribution >= 0.6 is 0 Å². The van der Waals surface area contributed by atoms with Crippen molar-refractivity contribution in [3.63, 3.8) is 0 Å². The highest BCUT2D eigenvalue weighted by molar-refractivity contribution is 5.95. The Morgan fingerprint density at radius 3 is 2.40 bits per heavy atom. The molecule has 0 saturated heterocycles. The summed E-state index contributed by atoms with van der Waals surface area (Å²) in [6, 6.07) is 2.51. The molecular formula is C9H8F3NO2. The molecule has 82 valence electrons. The normalized spacial score (nSPS) is 11.2. The van der Waals surface area contributed by atoms with Crippen molar-refractivity contribution in [1.82, 2.24) is 0 Å². The van der Waals surface area contributed by atoms with E-state index < -0.39 is 17.6 Å². The second kappa shape index (κ2) is 3.80. The van der Waals surface area contributed by atoms with Crippen LogP contribution in [-0.4, -0.2) is 13.0 Å². The molecule has 0 bridgehead atoms. The molecule has 2 N–H and O–H groups in total. The molecule has 3 nitrogen and oxygen atoms in total. The van der Waals surface area contributed by atoms with E-state index in [1.165, 1.54) is 7.11 Å². The Hall–Kier alpha value is -1.72. The third-order valence-electron chi connectivity index (χ3n) is 1.79. The highest BCUT2D eigenvalue weighted by atomic mass is 19.4. The number of halogens is 3. The van der Waals surface area contributed by atoms with E-state index >= 15 is 0 Å². The van der Waals surface area contributed by atoms with Crippen molar-refractivity contribution >= 4 is 5.91 Å². The molecule has 0 atom stereocenters. The van der Waals surface area contributed by atoms with Gasteiger partial charge in [0, 0.05) is 0 Å². The van der Waals surface area contributed by atoms with Gasteiger partial charge in [-0.15, -0.1) is 0 Å². The zero-order chi connectivity index (χ0) is 11.6. The number of carbonyl (C=O) groups excluding carboxylic acids is 1. The summed E-state index contributed by atoms with van der Waals surface area (Å²) >= 11 is 0. The number of hydrogen-bond acceptors (Lipinski definition) is 2. The van der Waals surface area contributed by atoms with Crippen LogP contribution in [0.3, 0.4) is 0 Å². The molecule has 0 unspecified atom stereocenters. The van der Waals surface area contributed by atoms with Crippen molar-refractivity contribution < 1.29 is 22.7 Å². The number of amides is 1. The molecule has 0 heterocycles. The van der Waals surface area contributed by atoms with Gasteiger partial charge in [0.2, 0.25) is 0 Å². The molecule has 0 aliphatic carbocycles. The van der Waals surface area contributed by atoms with Crippen molar-refractivity contribution in [3.05, 3.63) is 29.3 Å². The largest absolute Gasteiger partial charge is 0.496 e. The third-order valence-corrected chi connectivity index (χ3v) is 1.79. The summed E-state index contributed by atoms with van der Waals surface area (Å²) in [6.07, 6.45) is -4.47. The minimum absolute atomic E-state index is 0.0782. The molecule has 0 fully saturated rings. The summed E-state index contributed by atoms with van der Waals surface area (Å²) in [6.45, 7) is 0. The predicted octanol–water partition coefficient (Wildman–Crippen LogP) is 1.81. The number of primary amides is 1. The van der Waals surface area contributed by atoms with Crippen LogP contribution in [0, 0.1) is 0 Å². The predicted molar refractivity (Wildman–Crippen MR) is 46.5 cm³/mol. The van der Waals surface area contributed by atoms with E-state index in [1.54, 1.807) is 0 Å². The van der Waals surface area contributed by atoms with Gasteiger partial charge in [0.15, 0.2) is 0 Å². The summed E-state index contributed by atoms with van der Waals surface area (Å²) in [5.41, 5.74) is 3.99. The van der Waals surface area contributed by atoms with Gasteiger partial charge < -0.3 is 10.5 Å². The second-order valence-corrected chi connectivity index (χ2v) is 2.78. The lowest BCUT2D eigenvalue weighted by Crippen LogP contribution is -2.14. The number of hydrogen-bond donors (Lipinski definition) is 1. The summed E-state index contributed by atoms with van der Waals surface area (Å²) in [5, 5.41) is 0. The summed E-state index contributed by atoms with van der Waals surface area (Å²) in [5.74, 6) is -1.02. The molecule has 0 aliphatic heterocycles. The van der Waals surface area contributed by atoms with Crippen molar-refractivity contribution in [2.24, 2.45) is 5.73 Å². The molecule has 1 aromatic carbocycles. The highest BCUT2D eigenvalue weighted by Gasteiger charge is 2.31. The van der Waals surface area contributed by atoms with E-state index in [0.29, 0.717) is 0 Å². The highest BCUT2D eigenvalue weighted by Crippen LogP contribution is 2.32. The van der Waals surface area contributed by atoms with Gasteiger partial charge in [-0.3, -0.25) is 4.79 Å². The maximum Gasteiger partial charge on any atom is 0.416 e. The van der Waals surface area contributed by atoms with E-state index in [1.807, 2.05) is 0 Å². The Balaban J connectivity index is 3.25.